The van der Waals surface area contributed by atoms with Gasteiger partial charge in [-0.05, 0) is 6.07 Å². The predicted molar refractivity (Wildman–Crippen MR) is 39.6 cm³/mol. The van der Waals surface area contributed by atoms with Gasteiger partial charge in [0, 0.05) is 11.1 Å². The predicted octanol–water partition coefficient (Wildman–Crippen LogP) is 1.57. The van der Waals surface area contributed by atoms with Gasteiger partial charge in [0.1, 0.15) is 6.33 Å². The van der Waals surface area contributed by atoms with Crippen LogP contribution < -0.4 is 0 Å². The molecule has 0 aromatic carbocycles. The Morgan fingerprint density at radius 2 is 2.10 bits per heavy atom. The van der Waals surface area contributed by atoms with Gasteiger partial charge < -0.3 is 0 Å². The third kappa shape index (κ3) is 1.53. The Hall–Kier alpha value is -0.920. The van der Waals surface area contributed by atoms with Crippen molar-refractivity contribution in [2.45, 2.75) is 26.2 Å². The lowest BCUT2D eigenvalue weighted by Crippen LogP contribution is -2.12. The molecule has 1 aromatic rings. The molecule has 1 aromatic heterocycles. The Morgan fingerprint density at radius 1 is 1.40 bits per heavy atom. The smallest absolute Gasteiger partial charge is 0.116 e. The van der Waals surface area contributed by atoms with Crippen molar-refractivity contribution in [1.82, 2.24) is 9.97 Å². The van der Waals surface area contributed by atoms with E-state index in [4.69, 9.17) is 0 Å². The summed E-state index contributed by atoms with van der Waals surface area (Å²) >= 11 is 0. The molecule has 0 aliphatic rings. The molecule has 1 rings (SSSR count). The first kappa shape index (κ1) is 7.19. The van der Waals surface area contributed by atoms with Crippen LogP contribution in [0, 0.1) is 6.20 Å². The second-order valence-corrected chi connectivity index (χ2v) is 3.28. The van der Waals surface area contributed by atoms with Crippen molar-refractivity contribution >= 4 is 0 Å². The van der Waals surface area contributed by atoms with E-state index in [-0.39, 0.29) is 5.41 Å². The fraction of sp³-hybridized carbons (Fsp3) is 0.500. The molecule has 0 unspecified atom stereocenters. The van der Waals surface area contributed by atoms with E-state index in [9.17, 15) is 0 Å². The Kier molecular flexibility index (Phi) is 1.70. The second-order valence-electron chi connectivity index (χ2n) is 3.28. The zero-order valence-corrected chi connectivity index (χ0v) is 6.55. The minimum Gasteiger partial charge on any atom is -0.241 e. The van der Waals surface area contributed by atoms with Crippen LogP contribution in [0.15, 0.2) is 12.4 Å². The van der Waals surface area contributed by atoms with E-state index in [1.807, 2.05) is 6.07 Å². The molecule has 2 heteroatoms. The van der Waals surface area contributed by atoms with E-state index >= 15 is 0 Å². The zero-order chi connectivity index (χ0) is 7.61. The highest BCUT2D eigenvalue weighted by molar-refractivity contribution is 5.08. The molecule has 0 fully saturated rings. The maximum atomic E-state index is 4.11. The van der Waals surface area contributed by atoms with E-state index in [0.717, 1.165) is 5.69 Å². The third-order valence-electron chi connectivity index (χ3n) is 1.30. The van der Waals surface area contributed by atoms with Crippen LogP contribution in [0.3, 0.4) is 0 Å². The van der Waals surface area contributed by atoms with E-state index in [1.165, 1.54) is 6.33 Å². The minimum atomic E-state index is 0.111. The van der Waals surface area contributed by atoms with Crippen LogP contribution in [0.5, 0.6) is 0 Å². The summed E-state index contributed by atoms with van der Waals surface area (Å²) in [6.45, 7) is 6.34. The average Bonchev–Trinajstić information content (AvgIpc) is 1.88. The van der Waals surface area contributed by atoms with Gasteiger partial charge in [-0.25, -0.2) is 9.97 Å². The highest BCUT2D eigenvalue weighted by atomic mass is 14.8. The molecule has 0 aliphatic heterocycles. The normalized spacial score (nSPS) is 11.5. The van der Waals surface area contributed by atoms with E-state index in [1.54, 1.807) is 0 Å². The zero-order valence-electron chi connectivity index (χ0n) is 6.55. The van der Waals surface area contributed by atoms with Gasteiger partial charge >= 0.3 is 0 Å². The molecule has 0 spiro atoms. The summed E-state index contributed by atoms with van der Waals surface area (Å²) in [6, 6.07) is 1.82. The summed E-state index contributed by atoms with van der Waals surface area (Å²) in [5.41, 5.74) is 1.14. The van der Waals surface area contributed by atoms with Crippen molar-refractivity contribution in [1.29, 1.82) is 0 Å². The summed E-state index contributed by atoms with van der Waals surface area (Å²) in [6.07, 6.45) is 4.28. The molecule has 0 amide bonds. The van der Waals surface area contributed by atoms with Gasteiger partial charge in [-0.3, -0.25) is 0 Å². The van der Waals surface area contributed by atoms with Gasteiger partial charge in [0.15, 0.2) is 0 Å². The van der Waals surface area contributed by atoms with Gasteiger partial charge in [0.2, 0.25) is 0 Å². The molecule has 0 saturated heterocycles. The topological polar surface area (TPSA) is 25.8 Å². The van der Waals surface area contributed by atoms with Gasteiger partial charge in [-0.2, -0.15) is 0 Å². The van der Waals surface area contributed by atoms with Gasteiger partial charge in [-0.15, -0.1) is 0 Å². The SMILES string of the molecule is CC(C)(C)c1c[c]ncn1. The third-order valence-corrected chi connectivity index (χ3v) is 1.30. The van der Waals surface area contributed by atoms with E-state index < -0.39 is 0 Å². The molecule has 1 radical (unpaired) electrons. The molecule has 0 bridgehead atoms. The lowest BCUT2D eigenvalue weighted by molar-refractivity contribution is 0.566. The summed E-state index contributed by atoms with van der Waals surface area (Å²) in [5, 5.41) is 0. The van der Waals surface area contributed by atoms with Crippen LogP contribution in [-0.4, -0.2) is 9.97 Å². The van der Waals surface area contributed by atoms with Crippen molar-refractivity contribution in [2.75, 3.05) is 0 Å². The first-order valence-electron chi connectivity index (χ1n) is 3.29. The molecule has 0 aliphatic carbocycles. The highest BCUT2D eigenvalue weighted by Gasteiger charge is 2.13. The summed E-state index contributed by atoms with van der Waals surface area (Å²) < 4.78 is 0. The van der Waals surface area contributed by atoms with Gasteiger partial charge in [-0.1, -0.05) is 20.8 Å². The van der Waals surface area contributed by atoms with Gasteiger partial charge in [0.25, 0.3) is 0 Å². The van der Waals surface area contributed by atoms with Crippen LogP contribution >= 0.6 is 0 Å². The van der Waals surface area contributed by atoms with E-state index in [0.29, 0.717) is 0 Å². The van der Waals surface area contributed by atoms with Crippen molar-refractivity contribution in [3.63, 3.8) is 0 Å². The Bertz CT molecular complexity index is 198. The van der Waals surface area contributed by atoms with Crippen LogP contribution in [0.1, 0.15) is 26.5 Å². The van der Waals surface area contributed by atoms with Gasteiger partial charge in [0.05, 0.1) is 6.20 Å². The van der Waals surface area contributed by atoms with Crippen molar-refractivity contribution in [3.05, 3.63) is 24.3 Å². The number of nitrogens with zero attached hydrogens (tertiary/aromatic N) is 2. The van der Waals surface area contributed by atoms with E-state index in [2.05, 4.69) is 36.9 Å². The van der Waals surface area contributed by atoms with Crippen LogP contribution in [0.4, 0.5) is 0 Å². The molecule has 2 nitrogen and oxygen atoms in total. The Balaban J connectivity index is 2.97. The average molecular weight is 135 g/mol. The Labute approximate surface area is 61.3 Å². The lowest BCUT2D eigenvalue weighted by atomic mass is 9.92. The maximum Gasteiger partial charge on any atom is 0.116 e. The molecule has 0 atom stereocenters. The molecule has 53 valence electrons. The number of rotatable bonds is 0. The molecular formula is C8H11N2. The van der Waals surface area contributed by atoms with Crippen molar-refractivity contribution in [2.24, 2.45) is 0 Å². The number of hydrogen-bond acceptors (Lipinski definition) is 2. The largest absolute Gasteiger partial charge is 0.241 e. The molecule has 0 saturated carbocycles. The quantitative estimate of drug-likeness (QED) is 0.539. The summed E-state index contributed by atoms with van der Waals surface area (Å²) in [5.74, 6) is 0. The number of hydrogen-bond donors (Lipinski definition) is 0. The maximum absolute atomic E-state index is 4.11. The standard InChI is InChI=1S/C8H11N2/c1-8(2,3)7-4-5-9-6-10-7/h4,6H,1-3H3. The minimum absolute atomic E-state index is 0.111. The lowest BCUT2D eigenvalue weighted by Gasteiger charge is -2.15. The fourth-order valence-corrected chi connectivity index (χ4v) is 0.670. The summed E-state index contributed by atoms with van der Waals surface area (Å²) in [7, 11) is 0. The number of aromatic nitrogens is 2. The summed E-state index contributed by atoms with van der Waals surface area (Å²) in [4.78, 5) is 7.83. The first-order chi connectivity index (χ1) is 4.61. The monoisotopic (exact) mass is 135 g/mol. The molecule has 1 heterocycles. The fourth-order valence-electron chi connectivity index (χ4n) is 0.670. The Morgan fingerprint density at radius 3 is 2.40 bits per heavy atom. The molecule has 10 heavy (non-hydrogen) atoms. The van der Waals surface area contributed by atoms with Crippen molar-refractivity contribution in [3.8, 4) is 0 Å². The second kappa shape index (κ2) is 2.37. The van der Waals surface area contributed by atoms with Crippen molar-refractivity contribution < 1.29 is 0 Å². The first-order valence-corrected chi connectivity index (χ1v) is 3.29. The highest BCUT2D eigenvalue weighted by Crippen LogP contribution is 2.17. The molecule has 0 N–H and O–H groups in total. The van der Waals surface area contributed by atoms with Crippen LogP contribution in [0.25, 0.3) is 0 Å². The van der Waals surface area contributed by atoms with Crippen LogP contribution in [0.2, 0.25) is 0 Å². The van der Waals surface area contributed by atoms with Crippen LogP contribution in [-0.2, 0) is 5.41 Å². The molecular weight excluding hydrogens is 124 g/mol.